The lowest BCUT2D eigenvalue weighted by Gasteiger charge is -2.11. The largest absolute Gasteiger partial charge is 0.310 e. The van der Waals surface area contributed by atoms with E-state index in [1.54, 1.807) is 29.3 Å². The molecule has 0 aliphatic rings. The van der Waals surface area contributed by atoms with E-state index in [1.165, 1.54) is 17.3 Å². The van der Waals surface area contributed by atoms with Crippen LogP contribution in [-0.4, -0.2) is 41.2 Å². The van der Waals surface area contributed by atoms with Crippen molar-refractivity contribution in [2.24, 2.45) is 0 Å². The number of aryl methyl sites for hydroxylation is 1. The number of carbonyl (C=O) groups excluding carboxylic acids is 1. The minimum atomic E-state index is -0.147. The lowest BCUT2D eigenvalue weighted by molar-refractivity contribution is -0.113. The Labute approximate surface area is 207 Å². The third-order valence-electron chi connectivity index (χ3n) is 5.34. The van der Waals surface area contributed by atoms with E-state index in [9.17, 15) is 4.79 Å². The second kappa shape index (κ2) is 10.4. The smallest absolute Gasteiger partial charge is 0.235 e. The highest BCUT2D eigenvalue weighted by molar-refractivity contribution is 7.99. The zero-order valence-corrected chi connectivity index (χ0v) is 19.9. The quantitative estimate of drug-likeness (QED) is 0.326. The molecule has 0 aliphatic carbocycles. The second-order valence-corrected chi connectivity index (χ2v) is 8.86. The van der Waals surface area contributed by atoms with Crippen LogP contribution in [0.4, 0.5) is 5.82 Å². The van der Waals surface area contributed by atoms with Crippen LogP contribution < -0.4 is 5.32 Å². The molecule has 1 N–H and O–H groups in total. The lowest BCUT2D eigenvalue weighted by atomic mass is 10.1. The molecule has 0 atom stereocenters. The van der Waals surface area contributed by atoms with Gasteiger partial charge in [0.25, 0.3) is 0 Å². The Morgan fingerprint density at radius 1 is 0.943 bits per heavy atom. The maximum Gasteiger partial charge on any atom is 0.235 e. The normalized spacial score (nSPS) is 10.9. The van der Waals surface area contributed by atoms with Crippen molar-refractivity contribution in [3.63, 3.8) is 0 Å². The molecular weight excluding hydrogens is 458 g/mol. The van der Waals surface area contributed by atoms with Crippen LogP contribution in [0.3, 0.4) is 0 Å². The standard InChI is InChI=1S/C26H23N7OS/c1-19-9-11-20(12-10-19)17-32-23(13-15-28-32)29-24(34)18-35-26-31-30-25(21-6-5-14-27-16-21)33(26)22-7-3-2-4-8-22/h2-16H,17-18H2,1H3,(H,29,34). The van der Waals surface area contributed by atoms with Gasteiger partial charge >= 0.3 is 0 Å². The Bertz CT molecular complexity index is 1410. The van der Waals surface area contributed by atoms with Gasteiger partial charge < -0.3 is 5.32 Å². The van der Waals surface area contributed by atoms with E-state index in [0.29, 0.717) is 23.3 Å². The summed E-state index contributed by atoms with van der Waals surface area (Å²) in [7, 11) is 0. The Kier molecular flexibility index (Phi) is 6.67. The molecule has 3 aromatic heterocycles. The summed E-state index contributed by atoms with van der Waals surface area (Å²) in [5.41, 5.74) is 4.08. The van der Waals surface area contributed by atoms with Crippen LogP contribution in [0.5, 0.6) is 0 Å². The second-order valence-electron chi connectivity index (χ2n) is 7.92. The van der Waals surface area contributed by atoms with Gasteiger partial charge in [0, 0.05) is 29.7 Å². The van der Waals surface area contributed by atoms with E-state index >= 15 is 0 Å². The van der Waals surface area contributed by atoms with Crippen molar-refractivity contribution in [3.8, 4) is 17.1 Å². The van der Waals surface area contributed by atoms with E-state index in [-0.39, 0.29) is 11.7 Å². The number of benzene rings is 2. The van der Waals surface area contributed by atoms with Crippen molar-refractivity contribution < 1.29 is 4.79 Å². The monoisotopic (exact) mass is 481 g/mol. The topological polar surface area (TPSA) is 90.5 Å². The molecule has 0 fully saturated rings. The number of hydrogen-bond acceptors (Lipinski definition) is 6. The zero-order chi connectivity index (χ0) is 24.0. The number of carbonyl (C=O) groups is 1. The summed E-state index contributed by atoms with van der Waals surface area (Å²) in [6, 6.07) is 23.7. The molecule has 35 heavy (non-hydrogen) atoms. The van der Waals surface area contributed by atoms with Crippen LogP contribution in [0.15, 0.2) is 96.5 Å². The van der Waals surface area contributed by atoms with Gasteiger partial charge in [0.05, 0.1) is 18.5 Å². The summed E-state index contributed by atoms with van der Waals surface area (Å²) in [5, 5.41) is 16.7. The molecule has 3 heterocycles. The van der Waals surface area contributed by atoms with E-state index in [1.807, 2.05) is 47.0 Å². The predicted octanol–water partition coefficient (Wildman–Crippen LogP) is 4.61. The summed E-state index contributed by atoms with van der Waals surface area (Å²) in [6.07, 6.45) is 5.15. The fraction of sp³-hybridized carbons (Fsp3) is 0.115. The molecular formula is C26H23N7OS. The Hall–Kier alpha value is -4.24. The van der Waals surface area contributed by atoms with Crippen molar-refractivity contribution >= 4 is 23.5 Å². The van der Waals surface area contributed by atoms with Gasteiger partial charge in [-0.3, -0.25) is 14.3 Å². The number of rotatable bonds is 8. The number of hydrogen-bond donors (Lipinski definition) is 1. The third kappa shape index (κ3) is 5.30. The molecule has 9 heteroatoms. The predicted molar refractivity (Wildman–Crippen MR) is 136 cm³/mol. The molecule has 1 amide bonds. The van der Waals surface area contributed by atoms with Gasteiger partial charge in [-0.2, -0.15) is 5.10 Å². The maximum absolute atomic E-state index is 12.8. The van der Waals surface area contributed by atoms with E-state index in [2.05, 4.69) is 56.8 Å². The van der Waals surface area contributed by atoms with Gasteiger partial charge in [-0.15, -0.1) is 10.2 Å². The van der Waals surface area contributed by atoms with Crippen LogP contribution in [-0.2, 0) is 11.3 Å². The molecule has 0 spiro atoms. The molecule has 174 valence electrons. The first kappa shape index (κ1) is 22.5. The summed E-state index contributed by atoms with van der Waals surface area (Å²) < 4.78 is 3.72. The van der Waals surface area contributed by atoms with Crippen LogP contribution in [0.1, 0.15) is 11.1 Å². The molecule has 5 aromatic rings. The highest BCUT2D eigenvalue weighted by Crippen LogP contribution is 2.27. The summed E-state index contributed by atoms with van der Waals surface area (Å²) in [4.78, 5) is 17.0. The van der Waals surface area contributed by atoms with E-state index < -0.39 is 0 Å². The van der Waals surface area contributed by atoms with Crippen molar-refractivity contribution in [1.29, 1.82) is 0 Å². The molecule has 0 unspecified atom stereocenters. The number of para-hydroxylation sites is 1. The first-order valence-electron chi connectivity index (χ1n) is 11.1. The van der Waals surface area contributed by atoms with Crippen LogP contribution in [0.2, 0.25) is 0 Å². The molecule has 0 saturated carbocycles. The van der Waals surface area contributed by atoms with Gasteiger partial charge in [0.1, 0.15) is 5.82 Å². The lowest BCUT2D eigenvalue weighted by Crippen LogP contribution is -2.18. The molecule has 0 radical (unpaired) electrons. The molecule has 8 nitrogen and oxygen atoms in total. The van der Waals surface area contributed by atoms with Gasteiger partial charge in [-0.05, 0) is 36.8 Å². The van der Waals surface area contributed by atoms with Crippen LogP contribution in [0, 0.1) is 6.92 Å². The number of pyridine rings is 1. The molecule has 2 aromatic carbocycles. The summed E-state index contributed by atoms with van der Waals surface area (Å²) in [6.45, 7) is 2.63. The van der Waals surface area contributed by atoms with Gasteiger partial charge in [-0.25, -0.2) is 4.68 Å². The summed E-state index contributed by atoms with van der Waals surface area (Å²) in [5.74, 6) is 1.35. The van der Waals surface area contributed by atoms with E-state index in [4.69, 9.17) is 0 Å². The molecule has 5 rings (SSSR count). The van der Waals surface area contributed by atoms with Gasteiger partial charge in [0.2, 0.25) is 5.91 Å². The molecule has 0 bridgehead atoms. The minimum Gasteiger partial charge on any atom is -0.310 e. The number of anilines is 1. The number of amides is 1. The van der Waals surface area contributed by atoms with E-state index in [0.717, 1.165) is 16.8 Å². The average molecular weight is 482 g/mol. The van der Waals surface area contributed by atoms with Gasteiger partial charge in [0.15, 0.2) is 11.0 Å². The van der Waals surface area contributed by atoms with Crippen molar-refractivity contribution in [3.05, 3.63) is 103 Å². The first-order valence-corrected chi connectivity index (χ1v) is 12.1. The SMILES string of the molecule is Cc1ccc(Cn2nccc2NC(=O)CSc2nnc(-c3cccnc3)n2-c2ccccc2)cc1. The fourth-order valence-corrected chi connectivity index (χ4v) is 4.35. The number of nitrogens with one attached hydrogen (secondary N) is 1. The number of thioether (sulfide) groups is 1. The van der Waals surface area contributed by atoms with Crippen LogP contribution in [0.25, 0.3) is 17.1 Å². The minimum absolute atomic E-state index is 0.147. The van der Waals surface area contributed by atoms with Crippen LogP contribution >= 0.6 is 11.8 Å². The zero-order valence-electron chi connectivity index (χ0n) is 19.1. The van der Waals surface area contributed by atoms with Crippen molar-refractivity contribution in [2.45, 2.75) is 18.6 Å². The molecule has 0 aliphatic heterocycles. The first-order chi connectivity index (χ1) is 17.2. The maximum atomic E-state index is 12.8. The van der Waals surface area contributed by atoms with Crippen molar-refractivity contribution in [1.82, 2.24) is 29.5 Å². The number of nitrogens with zero attached hydrogens (tertiary/aromatic N) is 6. The van der Waals surface area contributed by atoms with Crippen molar-refractivity contribution in [2.75, 3.05) is 11.1 Å². The fourth-order valence-electron chi connectivity index (χ4n) is 3.60. The Morgan fingerprint density at radius 3 is 2.54 bits per heavy atom. The highest BCUT2D eigenvalue weighted by atomic mass is 32.2. The Morgan fingerprint density at radius 2 is 1.77 bits per heavy atom. The third-order valence-corrected chi connectivity index (χ3v) is 6.27. The Balaban J connectivity index is 1.31. The highest BCUT2D eigenvalue weighted by Gasteiger charge is 2.18. The molecule has 0 saturated heterocycles. The number of aromatic nitrogens is 6. The summed E-state index contributed by atoms with van der Waals surface area (Å²) >= 11 is 1.33. The van der Waals surface area contributed by atoms with Gasteiger partial charge in [-0.1, -0.05) is 59.8 Å². The average Bonchev–Trinajstić information content (AvgIpc) is 3.52.